The summed E-state index contributed by atoms with van der Waals surface area (Å²) in [5.41, 5.74) is 2.38. The summed E-state index contributed by atoms with van der Waals surface area (Å²) >= 11 is 0. The summed E-state index contributed by atoms with van der Waals surface area (Å²) in [7, 11) is -3.87. The van der Waals surface area contributed by atoms with Gasteiger partial charge in [-0.2, -0.15) is 0 Å². The van der Waals surface area contributed by atoms with Crippen LogP contribution in [0.2, 0.25) is 0 Å². The van der Waals surface area contributed by atoms with E-state index >= 15 is 0 Å². The third kappa shape index (κ3) is 5.13. The highest BCUT2D eigenvalue weighted by Gasteiger charge is 2.43. The highest BCUT2D eigenvalue weighted by molar-refractivity contribution is 7.92. The van der Waals surface area contributed by atoms with Crippen molar-refractivity contribution in [3.05, 3.63) is 58.3 Å². The molecule has 1 amide bonds. The summed E-state index contributed by atoms with van der Waals surface area (Å²) in [6.45, 7) is 1.07. The van der Waals surface area contributed by atoms with Gasteiger partial charge >= 0.3 is 0 Å². The Balaban J connectivity index is 2.24. The summed E-state index contributed by atoms with van der Waals surface area (Å²) in [5.74, 6) is -1.50. The molecule has 0 saturated carbocycles. The SMILES string of the molecule is C[C@@](CCn1ccc(-c2ccc(CCCO)c(F)c2)cc1=O)(C(=O)NO)S(C)(=O)=O. The van der Waals surface area contributed by atoms with Crippen molar-refractivity contribution < 1.29 is 27.9 Å². The van der Waals surface area contributed by atoms with Gasteiger partial charge in [-0.1, -0.05) is 12.1 Å². The molecule has 0 aliphatic heterocycles. The summed E-state index contributed by atoms with van der Waals surface area (Å²) in [4.78, 5) is 24.3. The van der Waals surface area contributed by atoms with Crippen molar-refractivity contribution in [2.24, 2.45) is 0 Å². The van der Waals surface area contributed by atoms with E-state index in [2.05, 4.69) is 0 Å². The van der Waals surface area contributed by atoms with Crippen molar-refractivity contribution in [3.63, 3.8) is 0 Å². The van der Waals surface area contributed by atoms with Crippen LogP contribution in [-0.2, 0) is 27.6 Å². The average Bonchev–Trinajstić information content (AvgIpc) is 2.70. The number of nitrogens with one attached hydrogen (secondary N) is 1. The Morgan fingerprint density at radius 2 is 1.90 bits per heavy atom. The number of nitrogens with zero attached hydrogens (tertiary/aromatic N) is 1. The Morgan fingerprint density at radius 3 is 2.43 bits per heavy atom. The Kier molecular flexibility index (Phi) is 7.51. The number of pyridine rings is 1. The highest BCUT2D eigenvalue weighted by atomic mass is 32.2. The van der Waals surface area contributed by atoms with Gasteiger partial charge in [-0.05, 0) is 55.0 Å². The Morgan fingerprint density at radius 1 is 1.23 bits per heavy atom. The lowest BCUT2D eigenvalue weighted by atomic mass is 10.0. The summed E-state index contributed by atoms with van der Waals surface area (Å²) in [6, 6.07) is 7.50. The lowest BCUT2D eigenvalue weighted by Gasteiger charge is -2.25. The number of benzene rings is 1. The predicted molar refractivity (Wildman–Crippen MR) is 109 cm³/mol. The Labute approximate surface area is 173 Å². The third-order valence-electron chi connectivity index (χ3n) is 5.22. The molecule has 1 heterocycles. The van der Waals surface area contributed by atoms with E-state index in [-0.39, 0.29) is 19.6 Å². The van der Waals surface area contributed by atoms with Gasteiger partial charge in [0.15, 0.2) is 14.6 Å². The van der Waals surface area contributed by atoms with E-state index in [9.17, 15) is 22.4 Å². The summed E-state index contributed by atoms with van der Waals surface area (Å²) in [5, 5.41) is 17.7. The molecule has 0 unspecified atom stereocenters. The number of hydrogen-bond acceptors (Lipinski definition) is 6. The first-order valence-electron chi connectivity index (χ1n) is 9.28. The minimum absolute atomic E-state index is 0.0300. The topological polar surface area (TPSA) is 126 Å². The molecule has 0 aliphatic rings. The molecule has 1 aromatic heterocycles. The van der Waals surface area contributed by atoms with E-state index in [0.717, 1.165) is 6.26 Å². The molecule has 3 N–H and O–H groups in total. The van der Waals surface area contributed by atoms with Crippen molar-refractivity contribution in [1.82, 2.24) is 10.0 Å². The first-order valence-corrected chi connectivity index (χ1v) is 11.2. The van der Waals surface area contributed by atoms with Gasteiger partial charge in [0.05, 0.1) is 0 Å². The molecule has 0 radical (unpaired) electrons. The smallest absolute Gasteiger partial charge is 0.264 e. The minimum atomic E-state index is -3.87. The van der Waals surface area contributed by atoms with Crippen LogP contribution in [0.25, 0.3) is 11.1 Å². The fourth-order valence-electron chi connectivity index (χ4n) is 2.99. The lowest BCUT2D eigenvalue weighted by Crippen LogP contribution is -2.49. The lowest BCUT2D eigenvalue weighted by molar-refractivity contribution is -0.131. The molecule has 164 valence electrons. The number of halogens is 1. The van der Waals surface area contributed by atoms with Gasteiger partial charge in [-0.15, -0.1) is 0 Å². The number of aryl methyl sites for hydroxylation is 2. The maximum atomic E-state index is 14.2. The standard InChI is InChI=1S/C20H25FN2O6S/c1-20(19(26)22-27,30(2,28)29)8-10-23-9-7-16(13-18(23)25)15-6-5-14(4-3-11-24)17(21)12-15/h5-7,9,12-13,24,27H,3-4,8,10-11H2,1-2H3,(H,22,26)/t20-/m1/s1. The molecule has 1 aromatic carbocycles. The van der Waals surface area contributed by atoms with Gasteiger partial charge in [0.25, 0.3) is 11.5 Å². The van der Waals surface area contributed by atoms with E-state index < -0.39 is 31.9 Å². The number of rotatable bonds is 9. The predicted octanol–water partition coefficient (Wildman–Crippen LogP) is 1.28. The molecule has 2 aromatic rings. The normalized spacial score (nSPS) is 13.6. The maximum absolute atomic E-state index is 14.2. The van der Waals surface area contributed by atoms with E-state index in [4.69, 9.17) is 10.3 Å². The van der Waals surface area contributed by atoms with Crippen LogP contribution in [0.1, 0.15) is 25.3 Å². The molecule has 30 heavy (non-hydrogen) atoms. The second-order valence-electron chi connectivity index (χ2n) is 7.27. The van der Waals surface area contributed by atoms with E-state index in [0.29, 0.717) is 29.5 Å². The van der Waals surface area contributed by atoms with Crippen LogP contribution in [0.4, 0.5) is 4.39 Å². The molecular weight excluding hydrogens is 415 g/mol. The third-order valence-corrected chi connectivity index (χ3v) is 7.24. The number of aromatic nitrogens is 1. The number of carbonyl (C=O) groups is 1. The molecule has 0 saturated heterocycles. The first-order chi connectivity index (χ1) is 14.0. The fraction of sp³-hybridized carbons (Fsp3) is 0.400. The van der Waals surface area contributed by atoms with Gasteiger partial charge < -0.3 is 9.67 Å². The second kappa shape index (κ2) is 9.50. The van der Waals surface area contributed by atoms with Crippen LogP contribution in [0.3, 0.4) is 0 Å². The molecule has 0 bridgehead atoms. The summed E-state index contributed by atoms with van der Waals surface area (Å²) in [6.07, 6.45) is 2.95. The number of sulfone groups is 1. The molecule has 1 atom stereocenters. The average molecular weight is 440 g/mol. The fourth-order valence-corrected chi connectivity index (χ4v) is 3.84. The minimum Gasteiger partial charge on any atom is -0.396 e. The van der Waals surface area contributed by atoms with Crippen LogP contribution in [0, 0.1) is 5.82 Å². The number of hydrogen-bond donors (Lipinski definition) is 3. The van der Waals surface area contributed by atoms with Crippen LogP contribution in [0.15, 0.2) is 41.3 Å². The van der Waals surface area contributed by atoms with E-state index in [1.807, 2.05) is 0 Å². The number of hydroxylamine groups is 1. The Bertz CT molecular complexity index is 1080. The second-order valence-corrected chi connectivity index (χ2v) is 9.72. The number of aliphatic hydroxyl groups is 1. The monoisotopic (exact) mass is 440 g/mol. The van der Waals surface area contributed by atoms with Crippen LogP contribution in [-0.4, -0.2) is 46.8 Å². The van der Waals surface area contributed by atoms with Crippen LogP contribution in [0.5, 0.6) is 0 Å². The van der Waals surface area contributed by atoms with Gasteiger partial charge in [-0.3, -0.25) is 14.8 Å². The highest BCUT2D eigenvalue weighted by Crippen LogP contribution is 2.23. The number of aliphatic hydroxyl groups excluding tert-OH is 1. The van der Waals surface area contributed by atoms with E-state index in [1.54, 1.807) is 18.2 Å². The van der Waals surface area contributed by atoms with Gasteiger partial charge in [0.2, 0.25) is 0 Å². The zero-order chi connectivity index (χ0) is 22.5. The molecule has 10 heteroatoms. The first kappa shape index (κ1) is 23.7. The van der Waals surface area contributed by atoms with Crippen molar-refractivity contribution in [2.45, 2.75) is 37.5 Å². The molecular formula is C20H25FN2O6S. The summed E-state index contributed by atoms with van der Waals surface area (Å²) < 4.78 is 37.6. The van der Waals surface area contributed by atoms with Crippen LogP contribution >= 0.6 is 0 Å². The molecule has 8 nitrogen and oxygen atoms in total. The van der Waals surface area contributed by atoms with E-state index in [1.165, 1.54) is 35.3 Å². The molecule has 0 spiro atoms. The maximum Gasteiger partial charge on any atom is 0.264 e. The molecule has 2 rings (SSSR count). The Hall–Kier alpha value is -2.56. The molecule has 0 aliphatic carbocycles. The van der Waals surface area contributed by atoms with Crippen molar-refractivity contribution >= 4 is 15.7 Å². The van der Waals surface area contributed by atoms with Crippen LogP contribution < -0.4 is 11.0 Å². The number of carbonyl (C=O) groups excluding carboxylic acids is 1. The quantitative estimate of drug-likeness (QED) is 0.398. The van der Waals surface area contributed by atoms with Crippen molar-refractivity contribution in [1.29, 1.82) is 0 Å². The largest absolute Gasteiger partial charge is 0.396 e. The van der Waals surface area contributed by atoms with Crippen molar-refractivity contribution in [3.8, 4) is 11.1 Å². The number of amides is 1. The zero-order valence-corrected chi connectivity index (χ0v) is 17.6. The van der Waals surface area contributed by atoms with Gasteiger partial charge in [-0.25, -0.2) is 18.3 Å². The zero-order valence-electron chi connectivity index (χ0n) is 16.8. The van der Waals surface area contributed by atoms with Gasteiger partial charge in [0.1, 0.15) is 5.82 Å². The van der Waals surface area contributed by atoms with Gasteiger partial charge in [0, 0.05) is 31.7 Å². The molecule has 0 fully saturated rings. The van der Waals surface area contributed by atoms with Crippen molar-refractivity contribution in [2.75, 3.05) is 12.9 Å².